The van der Waals surface area contributed by atoms with Gasteiger partial charge in [-0.1, -0.05) is 6.92 Å². The van der Waals surface area contributed by atoms with E-state index in [1.165, 1.54) is 7.11 Å². The largest absolute Gasteiger partial charge is 0.507 e. The molecule has 16 heavy (non-hydrogen) atoms. The van der Waals surface area contributed by atoms with Crippen LogP contribution in [0.2, 0.25) is 0 Å². The van der Waals surface area contributed by atoms with Crippen LogP contribution >= 0.6 is 0 Å². The van der Waals surface area contributed by atoms with Crippen molar-refractivity contribution in [2.24, 2.45) is 0 Å². The average molecular weight is 234 g/mol. The van der Waals surface area contributed by atoms with E-state index in [2.05, 4.69) is 11.7 Å². The predicted molar refractivity (Wildman–Crippen MR) is 59.5 cm³/mol. The van der Waals surface area contributed by atoms with E-state index in [0.29, 0.717) is 32.8 Å². The van der Waals surface area contributed by atoms with Gasteiger partial charge in [-0.05, 0) is 13.3 Å². The summed E-state index contributed by atoms with van der Waals surface area (Å²) < 4.78 is 19.8. The number of methoxy groups -OCH3 is 1. The molecule has 0 bridgehead atoms. The molecular formula is C11H22O5. The highest BCUT2D eigenvalue weighted by molar-refractivity contribution is 5.59. The third-order valence-corrected chi connectivity index (χ3v) is 1.98. The highest BCUT2D eigenvalue weighted by Crippen LogP contribution is 1.99. The van der Waals surface area contributed by atoms with Crippen LogP contribution < -0.4 is 0 Å². The van der Waals surface area contributed by atoms with E-state index in [9.17, 15) is 4.79 Å². The maximum Gasteiger partial charge on any atom is 0.507 e. The Hall–Kier alpha value is -0.810. The van der Waals surface area contributed by atoms with Gasteiger partial charge in [-0.3, -0.25) is 0 Å². The van der Waals surface area contributed by atoms with Crippen LogP contribution in [-0.4, -0.2) is 45.8 Å². The van der Waals surface area contributed by atoms with Gasteiger partial charge >= 0.3 is 6.16 Å². The molecule has 96 valence electrons. The molecule has 0 spiro atoms. The summed E-state index contributed by atoms with van der Waals surface area (Å²) in [4.78, 5) is 10.6. The summed E-state index contributed by atoms with van der Waals surface area (Å²) in [5.41, 5.74) is 0. The van der Waals surface area contributed by atoms with E-state index in [-0.39, 0.29) is 6.10 Å². The van der Waals surface area contributed by atoms with Crippen LogP contribution in [0.5, 0.6) is 0 Å². The van der Waals surface area contributed by atoms with Crippen molar-refractivity contribution in [2.45, 2.75) is 32.8 Å². The van der Waals surface area contributed by atoms with E-state index in [1.54, 1.807) is 0 Å². The smallest absolute Gasteiger partial charge is 0.438 e. The molecule has 0 amide bonds. The van der Waals surface area contributed by atoms with Crippen molar-refractivity contribution in [1.29, 1.82) is 0 Å². The average Bonchev–Trinajstić information content (AvgIpc) is 2.31. The van der Waals surface area contributed by atoms with Crippen LogP contribution in [0.15, 0.2) is 0 Å². The molecule has 5 nitrogen and oxygen atoms in total. The highest BCUT2D eigenvalue weighted by atomic mass is 16.7. The zero-order chi connectivity index (χ0) is 12.2. The minimum absolute atomic E-state index is 0.159. The molecule has 1 unspecified atom stereocenters. The van der Waals surface area contributed by atoms with Gasteiger partial charge in [0.2, 0.25) is 0 Å². The summed E-state index contributed by atoms with van der Waals surface area (Å²) in [6.07, 6.45) is 1.11. The highest BCUT2D eigenvalue weighted by Gasteiger charge is 2.05. The molecule has 0 rings (SSSR count). The van der Waals surface area contributed by atoms with Crippen molar-refractivity contribution >= 4 is 6.16 Å². The first-order valence-electron chi connectivity index (χ1n) is 5.64. The normalized spacial score (nSPS) is 12.2. The van der Waals surface area contributed by atoms with Crippen LogP contribution in [0.25, 0.3) is 0 Å². The molecule has 0 aromatic heterocycles. The SMILES string of the molecule is CCOC(CC)COCCCOC(=O)OC. The lowest BCUT2D eigenvalue weighted by molar-refractivity contribution is -0.0172. The van der Waals surface area contributed by atoms with Crippen molar-refractivity contribution < 1.29 is 23.7 Å². The Morgan fingerprint density at radius 3 is 2.56 bits per heavy atom. The van der Waals surface area contributed by atoms with Crippen molar-refractivity contribution in [1.82, 2.24) is 0 Å². The Bertz CT molecular complexity index is 172. The van der Waals surface area contributed by atoms with Gasteiger partial charge < -0.3 is 18.9 Å². The lowest BCUT2D eigenvalue weighted by Crippen LogP contribution is -2.19. The molecular weight excluding hydrogens is 212 g/mol. The second kappa shape index (κ2) is 10.7. The van der Waals surface area contributed by atoms with Gasteiger partial charge in [0.1, 0.15) is 0 Å². The van der Waals surface area contributed by atoms with Crippen molar-refractivity contribution in [3.05, 3.63) is 0 Å². The first-order valence-corrected chi connectivity index (χ1v) is 5.64. The van der Waals surface area contributed by atoms with Crippen LogP contribution in [0.3, 0.4) is 0 Å². The third kappa shape index (κ3) is 8.49. The van der Waals surface area contributed by atoms with Gasteiger partial charge in [-0.15, -0.1) is 0 Å². The van der Waals surface area contributed by atoms with E-state index in [1.807, 2.05) is 6.92 Å². The van der Waals surface area contributed by atoms with Crippen LogP contribution in [0.1, 0.15) is 26.7 Å². The van der Waals surface area contributed by atoms with Gasteiger partial charge in [-0.2, -0.15) is 0 Å². The first-order chi connectivity index (χ1) is 7.74. The van der Waals surface area contributed by atoms with Gasteiger partial charge in [0, 0.05) is 19.6 Å². The maximum absolute atomic E-state index is 10.6. The molecule has 0 aliphatic rings. The van der Waals surface area contributed by atoms with Crippen LogP contribution in [0.4, 0.5) is 4.79 Å². The molecule has 0 aliphatic carbocycles. The maximum atomic E-state index is 10.6. The molecule has 1 atom stereocenters. The minimum atomic E-state index is -0.652. The van der Waals surface area contributed by atoms with E-state index in [0.717, 1.165) is 6.42 Å². The second-order valence-corrected chi connectivity index (χ2v) is 3.22. The zero-order valence-corrected chi connectivity index (χ0v) is 10.4. The van der Waals surface area contributed by atoms with Gasteiger partial charge in [0.05, 0.1) is 26.4 Å². The molecule has 0 radical (unpaired) electrons. The van der Waals surface area contributed by atoms with Crippen molar-refractivity contribution in [3.8, 4) is 0 Å². The van der Waals surface area contributed by atoms with Crippen LogP contribution in [0, 0.1) is 0 Å². The quantitative estimate of drug-likeness (QED) is 0.451. The van der Waals surface area contributed by atoms with Gasteiger partial charge in [-0.25, -0.2) is 4.79 Å². The summed E-state index contributed by atoms with van der Waals surface area (Å²) in [7, 11) is 1.28. The lowest BCUT2D eigenvalue weighted by atomic mass is 10.3. The Balaban J connectivity index is 3.28. The summed E-state index contributed by atoms with van der Waals surface area (Å²) in [5, 5.41) is 0. The summed E-state index contributed by atoms with van der Waals surface area (Å²) in [6.45, 7) is 6.19. The van der Waals surface area contributed by atoms with E-state index >= 15 is 0 Å². The summed E-state index contributed by atoms with van der Waals surface area (Å²) in [5.74, 6) is 0. The molecule has 0 N–H and O–H groups in total. The lowest BCUT2D eigenvalue weighted by Gasteiger charge is -2.14. The number of hydrogen-bond acceptors (Lipinski definition) is 5. The number of carbonyl (C=O) groups is 1. The number of ether oxygens (including phenoxy) is 4. The first kappa shape index (κ1) is 15.2. The number of rotatable bonds is 9. The van der Waals surface area contributed by atoms with E-state index in [4.69, 9.17) is 14.2 Å². The fourth-order valence-electron chi connectivity index (χ4n) is 1.11. The molecule has 0 fully saturated rings. The van der Waals surface area contributed by atoms with Gasteiger partial charge in [0.15, 0.2) is 0 Å². The molecule has 0 saturated carbocycles. The predicted octanol–water partition coefficient (Wildman–Crippen LogP) is 1.99. The topological polar surface area (TPSA) is 54.0 Å². The van der Waals surface area contributed by atoms with Gasteiger partial charge in [0.25, 0.3) is 0 Å². The molecule has 0 aliphatic heterocycles. The Kier molecular flexibility index (Phi) is 10.2. The Morgan fingerprint density at radius 1 is 1.25 bits per heavy atom. The van der Waals surface area contributed by atoms with Crippen LogP contribution in [-0.2, 0) is 18.9 Å². The molecule has 0 aromatic carbocycles. The van der Waals surface area contributed by atoms with E-state index < -0.39 is 6.16 Å². The standard InChI is InChI=1S/C11H22O5/c1-4-10(15-5-2)9-14-7-6-8-16-11(12)13-3/h10H,4-9H2,1-3H3. The number of hydrogen-bond donors (Lipinski definition) is 0. The third-order valence-electron chi connectivity index (χ3n) is 1.98. The van der Waals surface area contributed by atoms with Crippen molar-refractivity contribution in [3.63, 3.8) is 0 Å². The molecule has 0 saturated heterocycles. The molecule has 5 heteroatoms. The number of carbonyl (C=O) groups excluding carboxylic acids is 1. The molecule has 0 heterocycles. The fourth-order valence-corrected chi connectivity index (χ4v) is 1.11. The Labute approximate surface area is 97.0 Å². The Morgan fingerprint density at radius 2 is 2.00 bits per heavy atom. The molecule has 0 aromatic rings. The monoisotopic (exact) mass is 234 g/mol. The minimum Gasteiger partial charge on any atom is -0.438 e. The summed E-state index contributed by atoms with van der Waals surface area (Å²) in [6, 6.07) is 0. The fraction of sp³-hybridized carbons (Fsp3) is 0.909. The summed E-state index contributed by atoms with van der Waals surface area (Å²) >= 11 is 0. The second-order valence-electron chi connectivity index (χ2n) is 3.22. The van der Waals surface area contributed by atoms with Crippen molar-refractivity contribution in [2.75, 3.05) is 33.5 Å². The zero-order valence-electron chi connectivity index (χ0n) is 10.4.